The largest absolute Gasteiger partial charge is 0.331 e. The van der Waals surface area contributed by atoms with E-state index in [1.54, 1.807) is 0 Å². The Morgan fingerprint density at radius 3 is 2.78 bits per heavy atom. The lowest BCUT2D eigenvalue weighted by Gasteiger charge is -2.05. The third kappa shape index (κ3) is 4.24. The van der Waals surface area contributed by atoms with Gasteiger partial charge in [-0.25, -0.2) is 0 Å². The highest BCUT2D eigenvalue weighted by atomic mass is 28.2. The van der Waals surface area contributed by atoms with E-state index in [1.807, 2.05) is 13.0 Å². The van der Waals surface area contributed by atoms with Gasteiger partial charge in [-0.15, -0.1) is 0 Å². The Morgan fingerprint density at radius 2 is 2.44 bits per heavy atom. The molecule has 0 bridgehead atoms. The number of hydrogen-bond acceptors (Lipinski definition) is 2. The third-order valence-electron chi connectivity index (χ3n) is 1.08. The predicted octanol–water partition coefficient (Wildman–Crippen LogP) is 0.953. The van der Waals surface area contributed by atoms with Gasteiger partial charge in [0.1, 0.15) is 0 Å². The first-order valence-corrected chi connectivity index (χ1v) is 5.37. The minimum absolute atomic E-state index is 0.299. The first-order chi connectivity index (χ1) is 4.35. The summed E-state index contributed by atoms with van der Waals surface area (Å²) in [5.41, 5.74) is 4.06. The van der Waals surface area contributed by atoms with E-state index in [0.717, 1.165) is 6.42 Å². The standard InChI is InChI=1S/C6H15NOSi/c1-4-6(5-2)7-8-9-3/h4,7H,5,9H2,1-3H3/b6-4+. The summed E-state index contributed by atoms with van der Waals surface area (Å²) in [6.45, 7) is 6.20. The normalized spacial score (nSPS) is 13.0. The molecule has 0 unspecified atom stereocenters. The molecule has 0 aliphatic rings. The molecule has 0 aliphatic heterocycles. The fourth-order valence-corrected chi connectivity index (χ4v) is 0.830. The molecular formula is C6H15NOSi. The van der Waals surface area contributed by atoms with Crippen LogP contribution in [0.25, 0.3) is 0 Å². The van der Waals surface area contributed by atoms with Crippen LogP contribution >= 0.6 is 0 Å². The monoisotopic (exact) mass is 145 g/mol. The van der Waals surface area contributed by atoms with Crippen molar-refractivity contribution in [1.29, 1.82) is 0 Å². The van der Waals surface area contributed by atoms with E-state index in [4.69, 9.17) is 4.53 Å². The molecule has 1 N–H and O–H groups in total. The van der Waals surface area contributed by atoms with Gasteiger partial charge in [0.15, 0.2) is 9.76 Å². The molecule has 0 aromatic rings. The maximum atomic E-state index is 5.10. The van der Waals surface area contributed by atoms with Crippen LogP contribution in [0.5, 0.6) is 0 Å². The highest BCUT2D eigenvalue weighted by molar-refractivity contribution is 6.24. The van der Waals surface area contributed by atoms with Crippen molar-refractivity contribution < 1.29 is 4.53 Å². The predicted molar refractivity (Wildman–Crippen MR) is 42.7 cm³/mol. The van der Waals surface area contributed by atoms with Crippen molar-refractivity contribution in [3.63, 3.8) is 0 Å². The molecule has 0 aliphatic carbocycles. The second kappa shape index (κ2) is 5.85. The van der Waals surface area contributed by atoms with Gasteiger partial charge in [0.2, 0.25) is 0 Å². The van der Waals surface area contributed by atoms with Gasteiger partial charge in [-0.05, 0) is 19.9 Å². The van der Waals surface area contributed by atoms with Crippen LogP contribution in [0.1, 0.15) is 20.3 Å². The molecule has 0 heterocycles. The van der Waals surface area contributed by atoms with Gasteiger partial charge in [-0.1, -0.05) is 13.0 Å². The molecule has 9 heavy (non-hydrogen) atoms. The Hall–Kier alpha value is -0.283. The number of hydrogen-bond donors (Lipinski definition) is 1. The van der Waals surface area contributed by atoms with Gasteiger partial charge in [0.25, 0.3) is 0 Å². The van der Waals surface area contributed by atoms with Crippen molar-refractivity contribution >= 4 is 9.76 Å². The summed E-state index contributed by atoms with van der Waals surface area (Å²) in [5, 5.41) is 0. The fraction of sp³-hybridized carbons (Fsp3) is 0.667. The van der Waals surface area contributed by atoms with Crippen LogP contribution in [-0.4, -0.2) is 9.76 Å². The zero-order chi connectivity index (χ0) is 7.11. The molecule has 0 spiro atoms. The maximum Gasteiger partial charge on any atom is 0.195 e. The lowest BCUT2D eigenvalue weighted by Crippen LogP contribution is -2.14. The molecule has 0 radical (unpaired) electrons. The van der Waals surface area contributed by atoms with Gasteiger partial charge in [0, 0.05) is 5.70 Å². The summed E-state index contributed by atoms with van der Waals surface area (Å²) in [4.78, 5) is 0. The number of nitrogens with one attached hydrogen (secondary N) is 1. The molecule has 0 saturated carbocycles. The summed E-state index contributed by atoms with van der Waals surface area (Å²) in [5.74, 6) is 0. The molecule has 0 aromatic carbocycles. The van der Waals surface area contributed by atoms with E-state index < -0.39 is 0 Å². The minimum Gasteiger partial charge on any atom is -0.331 e. The summed E-state index contributed by atoms with van der Waals surface area (Å²) < 4.78 is 5.10. The number of allylic oxidation sites excluding steroid dienone is 2. The Morgan fingerprint density at radius 1 is 1.78 bits per heavy atom. The van der Waals surface area contributed by atoms with Crippen molar-refractivity contribution in [1.82, 2.24) is 5.48 Å². The van der Waals surface area contributed by atoms with E-state index in [1.165, 1.54) is 5.70 Å². The minimum atomic E-state index is -0.299. The molecule has 54 valence electrons. The smallest absolute Gasteiger partial charge is 0.195 e. The SMILES string of the molecule is C/C=C(\CC)NO[SiH2]C. The third-order valence-corrected chi connectivity index (χ3v) is 1.51. The van der Waals surface area contributed by atoms with Crippen LogP contribution < -0.4 is 5.48 Å². The number of hydroxylamine groups is 1. The van der Waals surface area contributed by atoms with Gasteiger partial charge < -0.3 is 4.53 Å². The highest BCUT2D eigenvalue weighted by Crippen LogP contribution is 1.92. The average Bonchev–Trinajstić information content (AvgIpc) is 1.91. The van der Waals surface area contributed by atoms with Crippen LogP contribution in [0.4, 0.5) is 0 Å². The van der Waals surface area contributed by atoms with Crippen LogP contribution in [-0.2, 0) is 4.53 Å². The van der Waals surface area contributed by atoms with Gasteiger partial charge in [-0.3, -0.25) is 5.48 Å². The van der Waals surface area contributed by atoms with Crippen LogP contribution in [0.15, 0.2) is 11.8 Å². The van der Waals surface area contributed by atoms with Gasteiger partial charge >= 0.3 is 0 Å². The van der Waals surface area contributed by atoms with E-state index in [2.05, 4.69) is 19.0 Å². The van der Waals surface area contributed by atoms with Gasteiger partial charge in [-0.2, -0.15) is 0 Å². The fourth-order valence-electron chi connectivity index (χ4n) is 0.500. The van der Waals surface area contributed by atoms with E-state index in [0.29, 0.717) is 0 Å². The lowest BCUT2D eigenvalue weighted by atomic mass is 10.3. The van der Waals surface area contributed by atoms with Crippen molar-refractivity contribution in [3.05, 3.63) is 11.8 Å². The summed E-state index contributed by atoms with van der Waals surface area (Å²) >= 11 is 0. The Labute approximate surface area is 59.2 Å². The van der Waals surface area contributed by atoms with Gasteiger partial charge in [0.05, 0.1) is 0 Å². The van der Waals surface area contributed by atoms with Crippen LogP contribution in [0, 0.1) is 0 Å². The molecule has 0 saturated heterocycles. The molecule has 0 rings (SSSR count). The first-order valence-electron chi connectivity index (χ1n) is 3.38. The van der Waals surface area contributed by atoms with Crippen LogP contribution in [0.2, 0.25) is 6.55 Å². The van der Waals surface area contributed by atoms with Crippen molar-refractivity contribution in [2.75, 3.05) is 0 Å². The van der Waals surface area contributed by atoms with Crippen molar-refractivity contribution in [2.24, 2.45) is 0 Å². The first kappa shape index (κ1) is 8.72. The average molecular weight is 145 g/mol. The summed E-state index contributed by atoms with van der Waals surface area (Å²) in [6.07, 6.45) is 3.05. The lowest BCUT2D eigenvalue weighted by molar-refractivity contribution is 0.240. The van der Waals surface area contributed by atoms with Crippen molar-refractivity contribution in [3.8, 4) is 0 Å². The zero-order valence-electron chi connectivity index (χ0n) is 6.40. The van der Waals surface area contributed by atoms with E-state index in [-0.39, 0.29) is 9.76 Å². The number of rotatable bonds is 4. The summed E-state index contributed by atoms with van der Waals surface area (Å²) in [6, 6.07) is 0. The Kier molecular flexibility index (Phi) is 5.66. The Bertz CT molecular complexity index is 93.1. The highest BCUT2D eigenvalue weighted by Gasteiger charge is 1.86. The van der Waals surface area contributed by atoms with E-state index in [9.17, 15) is 0 Å². The summed E-state index contributed by atoms with van der Waals surface area (Å²) in [7, 11) is -0.299. The van der Waals surface area contributed by atoms with E-state index >= 15 is 0 Å². The second-order valence-electron chi connectivity index (χ2n) is 1.70. The molecule has 3 heteroatoms. The second-order valence-corrected chi connectivity index (χ2v) is 2.57. The van der Waals surface area contributed by atoms with Crippen LogP contribution in [0.3, 0.4) is 0 Å². The molecule has 0 atom stereocenters. The topological polar surface area (TPSA) is 21.3 Å². The zero-order valence-corrected chi connectivity index (χ0v) is 7.81. The molecule has 2 nitrogen and oxygen atoms in total. The quantitative estimate of drug-likeness (QED) is 0.470. The Balaban J connectivity index is 3.33. The molecule has 0 amide bonds. The maximum absolute atomic E-state index is 5.10. The molecule has 0 aromatic heterocycles. The molecular weight excluding hydrogens is 130 g/mol. The van der Waals surface area contributed by atoms with Crippen molar-refractivity contribution in [2.45, 2.75) is 26.8 Å². The molecule has 0 fully saturated rings.